The molecule has 0 radical (unpaired) electrons. The summed E-state index contributed by atoms with van der Waals surface area (Å²) in [5, 5.41) is 4.82. The van der Waals surface area contributed by atoms with E-state index >= 15 is 0 Å². The molecule has 9 heteroatoms. The van der Waals surface area contributed by atoms with Gasteiger partial charge in [0.05, 0.1) is 22.2 Å². The summed E-state index contributed by atoms with van der Waals surface area (Å²) in [6.07, 6.45) is 4.39. The Balaban J connectivity index is 1.91. The van der Waals surface area contributed by atoms with Crippen LogP contribution in [0.2, 0.25) is 0 Å². The first-order valence-corrected chi connectivity index (χ1v) is 8.56. The van der Waals surface area contributed by atoms with Crippen molar-refractivity contribution in [3.8, 4) is 16.9 Å². The lowest BCUT2D eigenvalue weighted by Crippen LogP contribution is -2.24. The molecule has 3 aromatic heterocycles. The molecule has 0 saturated heterocycles. The smallest absolute Gasteiger partial charge is 0.262 e. The Bertz CT molecular complexity index is 1310. The summed E-state index contributed by atoms with van der Waals surface area (Å²) in [4.78, 5) is 34.4. The van der Waals surface area contributed by atoms with Gasteiger partial charge < -0.3 is 0 Å². The molecule has 1 aromatic carbocycles. The highest BCUT2D eigenvalue weighted by atomic mass is 19.1. The number of hydrogen-bond acceptors (Lipinski definition) is 5. The SMILES string of the molecule is CN1C(=O)c2cnc3c(c(-c4ccncc4)nn3-c3cc(F)cc(F)c3)c2C1=O. The second kappa shape index (κ2) is 5.99. The summed E-state index contributed by atoms with van der Waals surface area (Å²) >= 11 is 0. The largest absolute Gasteiger partial charge is 0.277 e. The Morgan fingerprint density at radius 2 is 1.66 bits per heavy atom. The van der Waals surface area contributed by atoms with Crippen molar-refractivity contribution >= 4 is 22.8 Å². The lowest BCUT2D eigenvalue weighted by Gasteiger charge is -2.04. The van der Waals surface area contributed by atoms with Gasteiger partial charge in [0.2, 0.25) is 0 Å². The fourth-order valence-electron chi connectivity index (χ4n) is 3.46. The highest BCUT2D eigenvalue weighted by molar-refractivity contribution is 6.27. The van der Waals surface area contributed by atoms with Gasteiger partial charge in [-0.1, -0.05) is 0 Å². The van der Waals surface area contributed by atoms with E-state index in [1.807, 2.05) is 0 Å². The topological polar surface area (TPSA) is 81.0 Å². The molecule has 0 saturated carbocycles. The Hall–Kier alpha value is -4.01. The average Bonchev–Trinajstić information content (AvgIpc) is 3.20. The van der Waals surface area contributed by atoms with E-state index in [9.17, 15) is 18.4 Å². The minimum Gasteiger partial charge on any atom is -0.277 e. The highest BCUT2D eigenvalue weighted by Crippen LogP contribution is 2.36. The monoisotopic (exact) mass is 391 g/mol. The number of nitrogens with zero attached hydrogens (tertiary/aromatic N) is 5. The van der Waals surface area contributed by atoms with Crippen LogP contribution in [0.4, 0.5) is 8.78 Å². The van der Waals surface area contributed by atoms with Crippen molar-refractivity contribution in [1.82, 2.24) is 24.6 Å². The van der Waals surface area contributed by atoms with Gasteiger partial charge in [0.15, 0.2) is 5.65 Å². The number of hydrogen-bond donors (Lipinski definition) is 0. The molecule has 0 fully saturated rings. The van der Waals surface area contributed by atoms with E-state index in [2.05, 4.69) is 15.1 Å². The third-order valence-electron chi connectivity index (χ3n) is 4.80. The molecule has 29 heavy (non-hydrogen) atoms. The molecule has 4 aromatic rings. The average molecular weight is 391 g/mol. The third kappa shape index (κ3) is 2.44. The number of imide groups is 1. The van der Waals surface area contributed by atoms with Crippen LogP contribution in [-0.4, -0.2) is 43.5 Å². The molecule has 0 bridgehead atoms. The molecule has 0 aliphatic carbocycles. The number of rotatable bonds is 2. The van der Waals surface area contributed by atoms with Crippen molar-refractivity contribution in [3.05, 3.63) is 71.7 Å². The summed E-state index contributed by atoms with van der Waals surface area (Å²) in [5.41, 5.74) is 1.60. The Kier molecular flexibility index (Phi) is 3.54. The van der Waals surface area contributed by atoms with Gasteiger partial charge in [-0.15, -0.1) is 0 Å². The number of carbonyl (C=O) groups is 2. The highest BCUT2D eigenvalue weighted by Gasteiger charge is 2.37. The first kappa shape index (κ1) is 17.1. The Labute approximate surface area is 162 Å². The van der Waals surface area contributed by atoms with Gasteiger partial charge in [0.1, 0.15) is 17.3 Å². The molecule has 1 aliphatic heterocycles. The van der Waals surface area contributed by atoms with E-state index < -0.39 is 23.4 Å². The van der Waals surface area contributed by atoms with Gasteiger partial charge in [0, 0.05) is 37.3 Å². The fourth-order valence-corrected chi connectivity index (χ4v) is 3.46. The minimum atomic E-state index is -0.777. The quantitative estimate of drug-likeness (QED) is 0.491. The van der Waals surface area contributed by atoms with Crippen molar-refractivity contribution in [2.24, 2.45) is 0 Å². The van der Waals surface area contributed by atoms with Crippen LogP contribution in [0.1, 0.15) is 20.7 Å². The summed E-state index contributed by atoms with van der Waals surface area (Å²) in [6.45, 7) is 0. The summed E-state index contributed by atoms with van der Waals surface area (Å²) in [5.74, 6) is -2.51. The van der Waals surface area contributed by atoms with Crippen LogP contribution in [0.15, 0.2) is 48.9 Å². The van der Waals surface area contributed by atoms with E-state index in [1.165, 1.54) is 17.9 Å². The fraction of sp³-hybridized carbons (Fsp3) is 0.0500. The number of aromatic nitrogens is 4. The van der Waals surface area contributed by atoms with E-state index in [-0.39, 0.29) is 22.5 Å². The molecule has 5 rings (SSSR count). The standard InChI is InChI=1S/C20H11F2N5O2/c1-26-19(28)14-9-24-18-16(15(14)20(26)29)17(10-2-4-23-5-3-10)25-27(18)13-7-11(21)6-12(22)8-13/h2-9H,1H3. The van der Waals surface area contributed by atoms with Gasteiger partial charge in [-0.05, 0) is 24.3 Å². The number of carbonyl (C=O) groups excluding carboxylic acids is 2. The maximum absolute atomic E-state index is 13.8. The number of fused-ring (bicyclic) bond motifs is 3. The van der Waals surface area contributed by atoms with Crippen LogP contribution in [0.3, 0.4) is 0 Å². The van der Waals surface area contributed by atoms with Gasteiger partial charge in [-0.3, -0.25) is 19.5 Å². The number of halogens is 2. The second-order valence-electron chi connectivity index (χ2n) is 6.54. The molecule has 0 atom stereocenters. The maximum Gasteiger partial charge on any atom is 0.262 e. The lowest BCUT2D eigenvalue weighted by molar-refractivity contribution is 0.0693. The van der Waals surface area contributed by atoms with Crippen LogP contribution in [-0.2, 0) is 0 Å². The lowest BCUT2D eigenvalue weighted by atomic mass is 10.0. The molecule has 0 unspecified atom stereocenters. The summed E-state index contributed by atoms with van der Waals surface area (Å²) in [7, 11) is 1.38. The van der Waals surface area contributed by atoms with Gasteiger partial charge in [-0.2, -0.15) is 5.10 Å². The van der Waals surface area contributed by atoms with Gasteiger partial charge in [-0.25, -0.2) is 18.4 Å². The summed E-state index contributed by atoms with van der Waals surface area (Å²) in [6, 6.07) is 6.34. The first-order chi connectivity index (χ1) is 14.0. The van der Waals surface area contributed by atoms with Crippen LogP contribution >= 0.6 is 0 Å². The Morgan fingerprint density at radius 1 is 0.966 bits per heavy atom. The molecule has 142 valence electrons. The van der Waals surface area contributed by atoms with Crippen molar-refractivity contribution in [1.29, 1.82) is 0 Å². The normalized spacial score (nSPS) is 13.4. The zero-order valence-electron chi connectivity index (χ0n) is 14.9. The van der Waals surface area contributed by atoms with Crippen LogP contribution in [0, 0.1) is 11.6 Å². The molecule has 1 aliphatic rings. The van der Waals surface area contributed by atoms with E-state index in [1.54, 1.807) is 24.5 Å². The minimum absolute atomic E-state index is 0.102. The van der Waals surface area contributed by atoms with E-state index in [0.717, 1.165) is 23.1 Å². The van der Waals surface area contributed by atoms with Crippen molar-refractivity contribution in [2.45, 2.75) is 0 Å². The molecule has 0 spiro atoms. The van der Waals surface area contributed by atoms with Crippen molar-refractivity contribution < 1.29 is 18.4 Å². The molecule has 2 amide bonds. The van der Waals surface area contributed by atoms with Crippen LogP contribution < -0.4 is 0 Å². The molecule has 4 heterocycles. The second-order valence-corrected chi connectivity index (χ2v) is 6.54. The van der Waals surface area contributed by atoms with Gasteiger partial charge >= 0.3 is 0 Å². The zero-order valence-corrected chi connectivity index (χ0v) is 14.9. The molecular weight excluding hydrogens is 380 g/mol. The third-order valence-corrected chi connectivity index (χ3v) is 4.80. The number of benzene rings is 1. The first-order valence-electron chi connectivity index (χ1n) is 8.56. The van der Waals surface area contributed by atoms with E-state index in [4.69, 9.17) is 0 Å². The summed E-state index contributed by atoms with van der Waals surface area (Å²) < 4.78 is 28.9. The van der Waals surface area contributed by atoms with Crippen molar-refractivity contribution in [2.75, 3.05) is 7.05 Å². The molecular formula is C20H11F2N5O2. The molecule has 0 N–H and O–H groups in total. The Morgan fingerprint density at radius 3 is 2.34 bits per heavy atom. The van der Waals surface area contributed by atoms with Gasteiger partial charge in [0.25, 0.3) is 11.8 Å². The van der Waals surface area contributed by atoms with Crippen LogP contribution in [0.5, 0.6) is 0 Å². The molecule has 7 nitrogen and oxygen atoms in total. The van der Waals surface area contributed by atoms with Crippen molar-refractivity contribution in [3.63, 3.8) is 0 Å². The maximum atomic E-state index is 13.8. The number of amides is 2. The zero-order chi connectivity index (χ0) is 20.3. The predicted octanol–water partition coefficient (Wildman–Crippen LogP) is 2.99. The predicted molar refractivity (Wildman–Crippen MR) is 98.4 cm³/mol. The number of pyridine rings is 2. The van der Waals surface area contributed by atoms with Crippen LogP contribution in [0.25, 0.3) is 28.0 Å². The van der Waals surface area contributed by atoms with E-state index in [0.29, 0.717) is 16.6 Å².